The fourth-order valence-electron chi connectivity index (χ4n) is 7.08. The molecule has 17 heteroatoms. The number of carbonyl (C=O) groups is 1. The zero-order valence-corrected chi connectivity index (χ0v) is 32.4. The van der Waals surface area contributed by atoms with Crippen molar-refractivity contribution in [3.8, 4) is 23.7 Å². The Morgan fingerprint density at radius 1 is 0.815 bits per heavy atom. The summed E-state index contributed by atoms with van der Waals surface area (Å²) in [5, 5.41) is 0. The topological polar surface area (TPSA) is 102 Å². The van der Waals surface area contributed by atoms with Crippen LogP contribution in [-0.4, -0.2) is 114 Å². The van der Waals surface area contributed by atoms with Gasteiger partial charge in [-0.15, -0.1) is 37.2 Å². The van der Waals surface area contributed by atoms with Crippen molar-refractivity contribution in [2.24, 2.45) is 0 Å². The molecular weight excluding hydrogens is 772 g/mol. The number of benzene rings is 2. The standard InChI is InChI=1S/C37H41F3N6O5.3ClH/c1-4-50-36-42-33(49-3)29(34(43-36)51-24-37(38,39)40)22-44-20-27-21-45(35(47)28-16-11-17-41-32(28)48-2)18-19-46(27)30(23-44)31(25-12-7-5-8-13-25)26-14-9-6-10-15-26;;;/h5-17,27,30-31H,4,18-24H2,1-3H3;3*1H. The lowest BCUT2D eigenvalue weighted by molar-refractivity contribution is -0.154. The molecule has 54 heavy (non-hydrogen) atoms. The quantitative estimate of drug-likeness (QED) is 0.161. The highest BCUT2D eigenvalue weighted by atomic mass is 35.5. The summed E-state index contributed by atoms with van der Waals surface area (Å²) < 4.78 is 61.9. The molecule has 2 fully saturated rings. The molecule has 2 atom stereocenters. The molecule has 0 spiro atoms. The molecule has 1 amide bonds. The van der Waals surface area contributed by atoms with Crippen molar-refractivity contribution in [1.29, 1.82) is 0 Å². The molecule has 0 N–H and O–H groups in total. The second-order valence-corrected chi connectivity index (χ2v) is 12.4. The molecule has 2 aliphatic heterocycles. The summed E-state index contributed by atoms with van der Waals surface area (Å²) in [5.41, 5.74) is 2.91. The van der Waals surface area contributed by atoms with Crippen molar-refractivity contribution in [1.82, 2.24) is 29.7 Å². The lowest BCUT2D eigenvalue weighted by Gasteiger charge is -2.53. The van der Waals surface area contributed by atoms with E-state index < -0.39 is 12.8 Å². The van der Waals surface area contributed by atoms with Crippen molar-refractivity contribution >= 4 is 43.1 Å². The molecule has 6 rings (SSSR count). The Morgan fingerprint density at radius 3 is 2.04 bits per heavy atom. The van der Waals surface area contributed by atoms with E-state index in [9.17, 15) is 18.0 Å². The lowest BCUT2D eigenvalue weighted by atomic mass is 9.81. The van der Waals surface area contributed by atoms with Gasteiger partial charge in [-0.05, 0) is 30.2 Å². The van der Waals surface area contributed by atoms with Crippen LogP contribution in [0.2, 0.25) is 0 Å². The van der Waals surface area contributed by atoms with Gasteiger partial charge in [0.05, 0.1) is 26.4 Å². The van der Waals surface area contributed by atoms with Gasteiger partial charge in [0, 0.05) is 63.5 Å². The largest absolute Gasteiger partial charge is 0.481 e. The lowest BCUT2D eigenvalue weighted by Crippen LogP contribution is -2.67. The minimum Gasteiger partial charge on any atom is -0.481 e. The van der Waals surface area contributed by atoms with Crippen molar-refractivity contribution in [2.75, 3.05) is 60.2 Å². The second kappa shape index (κ2) is 20.0. The number of halogens is 6. The number of rotatable bonds is 12. The molecule has 0 aliphatic carbocycles. The number of piperazine rings is 2. The van der Waals surface area contributed by atoms with Gasteiger partial charge in [-0.1, -0.05) is 60.7 Å². The molecule has 4 aromatic rings. The first kappa shape index (κ1) is 44.3. The third kappa shape index (κ3) is 10.4. The van der Waals surface area contributed by atoms with Crippen molar-refractivity contribution in [3.63, 3.8) is 0 Å². The van der Waals surface area contributed by atoms with Crippen LogP contribution < -0.4 is 18.9 Å². The van der Waals surface area contributed by atoms with Crippen LogP contribution in [0.4, 0.5) is 13.2 Å². The first-order valence-corrected chi connectivity index (χ1v) is 16.8. The average Bonchev–Trinajstić information content (AvgIpc) is 3.14. The summed E-state index contributed by atoms with van der Waals surface area (Å²) in [4.78, 5) is 33.1. The smallest absolute Gasteiger partial charge is 0.422 e. The maximum atomic E-state index is 13.9. The van der Waals surface area contributed by atoms with E-state index in [0.717, 1.165) is 11.1 Å². The number of amides is 1. The number of ether oxygens (including phenoxy) is 4. The number of hydrogen-bond acceptors (Lipinski definition) is 10. The maximum absolute atomic E-state index is 13.9. The van der Waals surface area contributed by atoms with Crippen molar-refractivity contribution in [2.45, 2.75) is 37.6 Å². The average molecular weight is 816 g/mol. The van der Waals surface area contributed by atoms with Gasteiger partial charge in [0.25, 0.3) is 5.91 Å². The molecule has 294 valence electrons. The molecule has 2 aliphatic rings. The summed E-state index contributed by atoms with van der Waals surface area (Å²) >= 11 is 0. The highest BCUT2D eigenvalue weighted by molar-refractivity contribution is 5.96. The van der Waals surface area contributed by atoms with E-state index >= 15 is 0 Å². The van der Waals surface area contributed by atoms with E-state index in [1.165, 1.54) is 14.2 Å². The van der Waals surface area contributed by atoms with E-state index in [4.69, 9.17) is 18.9 Å². The molecule has 0 saturated carbocycles. The van der Waals surface area contributed by atoms with E-state index in [0.29, 0.717) is 38.3 Å². The summed E-state index contributed by atoms with van der Waals surface area (Å²) in [5.74, 6) is -0.168. The highest BCUT2D eigenvalue weighted by Crippen LogP contribution is 2.38. The van der Waals surface area contributed by atoms with Crippen LogP contribution in [0, 0.1) is 0 Å². The predicted octanol–water partition coefficient (Wildman–Crippen LogP) is 6.34. The van der Waals surface area contributed by atoms with Crippen LogP contribution >= 0.6 is 37.2 Å². The van der Waals surface area contributed by atoms with Gasteiger partial charge in [-0.25, -0.2) is 4.98 Å². The Morgan fingerprint density at radius 2 is 1.44 bits per heavy atom. The number of methoxy groups -OCH3 is 2. The summed E-state index contributed by atoms with van der Waals surface area (Å²) in [6.07, 6.45) is -3.01. The third-order valence-corrected chi connectivity index (χ3v) is 9.18. The molecular formula is C37H44Cl3F3N6O5. The summed E-state index contributed by atoms with van der Waals surface area (Å²) in [7, 11) is 2.88. The molecule has 4 heterocycles. The van der Waals surface area contributed by atoms with Crippen LogP contribution in [0.3, 0.4) is 0 Å². The number of carbonyl (C=O) groups excluding carboxylic acids is 1. The van der Waals surface area contributed by atoms with Crippen molar-refractivity contribution < 1.29 is 36.9 Å². The van der Waals surface area contributed by atoms with E-state index in [-0.39, 0.29) is 103 Å². The van der Waals surface area contributed by atoms with E-state index in [2.05, 4.69) is 49.0 Å². The normalized spacial score (nSPS) is 17.3. The molecule has 2 aromatic heterocycles. The molecule has 2 aromatic carbocycles. The number of hydrogen-bond donors (Lipinski definition) is 0. The van der Waals surface area contributed by atoms with Gasteiger partial charge in [-0.3, -0.25) is 14.6 Å². The van der Waals surface area contributed by atoms with Gasteiger partial charge in [0.15, 0.2) is 6.61 Å². The summed E-state index contributed by atoms with van der Waals surface area (Å²) in [6, 6.07) is 23.6. The summed E-state index contributed by atoms with van der Waals surface area (Å²) in [6.45, 7) is 3.08. The first-order chi connectivity index (χ1) is 24.7. The minimum absolute atomic E-state index is 0. The molecule has 2 saturated heterocycles. The number of aromatic nitrogens is 3. The Kier molecular flexibility index (Phi) is 16.4. The maximum Gasteiger partial charge on any atom is 0.422 e. The van der Waals surface area contributed by atoms with Crippen LogP contribution in [0.25, 0.3) is 0 Å². The van der Waals surface area contributed by atoms with E-state index in [1.807, 2.05) is 41.3 Å². The van der Waals surface area contributed by atoms with Gasteiger partial charge in [0.2, 0.25) is 17.6 Å². The Labute approximate surface area is 331 Å². The van der Waals surface area contributed by atoms with Gasteiger partial charge < -0.3 is 23.8 Å². The second-order valence-electron chi connectivity index (χ2n) is 12.4. The number of alkyl halides is 3. The van der Waals surface area contributed by atoms with E-state index in [1.54, 1.807) is 25.3 Å². The Hall–Kier alpha value is -4.08. The van der Waals surface area contributed by atoms with Crippen LogP contribution in [0.5, 0.6) is 23.7 Å². The van der Waals surface area contributed by atoms with Crippen LogP contribution in [-0.2, 0) is 6.54 Å². The zero-order valence-electron chi connectivity index (χ0n) is 30.0. The third-order valence-electron chi connectivity index (χ3n) is 9.18. The number of fused-ring (bicyclic) bond motifs is 1. The zero-order chi connectivity index (χ0) is 36.0. The fourth-order valence-corrected chi connectivity index (χ4v) is 7.08. The first-order valence-electron chi connectivity index (χ1n) is 16.8. The fraction of sp³-hybridized carbons (Fsp3) is 0.405. The van der Waals surface area contributed by atoms with Gasteiger partial charge in [-0.2, -0.15) is 23.1 Å². The Balaban J connectivity index is 0.00000261. The predicted molar refractivity (Wildman–Crippen MR) is 204 cm³/mol. The van der Waals surface area contributed by atoms with Crippen LogP contribution in [0.15, 0.2) is 79.0 Å². The number of pyridine rings is 1. The molecule has 11 nitrogen and oxygen atoms in total. The highest BCUT2D eigenvalue weighted by Gasteiger charge is 2.44. The monoisotopic (exact) mass is 814 g/mol. The number of nitrogens with zero attached hydrogens (tertiary/aromatic N) is 6. The Bertz CT molecular complexity index is 1740. The van der Waals surface area contributed by atoms with Gasteiger partial charge >= 0.3 is 12.2 Å². The molecule has 2 unspecified atom stereocenters. The van der Waals surface area contributed by atoms with Crippen molar-refractivity contribution in [3.05, 3.63) is 101 Å². The van der Waals surface area contributed by atoms with Gasteiger partial charge in [0.1, 0.15) is 5.56 Å². The molecule has 0 radical (unpaired) electrons. The van der Waals surface area contributed by atoms with Crippen LogP contribution in [0.1, 0.15) is 39.9 Å². The SMILES string of the molecule is CCOc1nc(OC)c(CN2CC3CN(C(=O)c4cccnc4OC)CCN3C(C(c3ccccc3)c3ccccc3)C2)c(OCC(F)(F)F)n1.Cl.Cl.Cl. The minimum atomic E-state index is -4.59. The molecule has 0 bridgehead atoms.